The first-order valence-corrected chi connectivity index (χ1v) is 18.2. The number of benzene rings is 1. The predicted molar refractivity (Wildman–Crippen MR) is 195 cm³/mol. The van der Waals surface area contributed by atoms with E-state index in [1.54, 1.807) is 6.07 Å². The number of ketones is 3. The van der Waals surface area contributed by atoms with Crippen LogP contribution in [0.2, 0.25) is 0 Å². The molecule has 2 aromatic rings. The molecule has 0 saturated heterocycles. The molecule has 3 rings (SSSR count). The van der Waals surface area contributed by atoms with Gasteiger partial charge in [0, 0.05) is 62.4 Å². The summed E-state index contributed by atoms with van der Waals surface area (Å²) in [5.41, 5.74) is 7.29. The van der Waals surface area contributed by atoms with Crippen molar-refractivity contribution in [3.8, 4) is 0 Å². The number of amides is 4. The van der Waals surface area contributed by atoms with Crippen LogP contribution in [0.4, 0.5) is 0 Å². The van der Waals surface area contributed by atoms with Crippen molar-refractivity contribution in [2.75, 3.05) is 0 Å². The first-order valence-electron chi connectivity index (χ1n) is 18.2. The third-order valence-electron chi connectivity index (χ3n) is 9.62. The number of carbonyl (C=O) groups is 9. The van der Waals surface area contributed by atoms with Gasteiger partial charge in [-0.2, -0.15) is 0 Å². The molecular weight excluding hydrogens is 716 g/mol. The monoisotopic (exact) mass is 766 g/mol. The summed E-state index contributed by atoms with van der Waals surface area (Å²) in [6, 6.07) is 0.996. The van der Waals surface area contributed by atoms with Gasteiger partial charge in [0.2, 0.25) is 23.6 Å². The number of imidazole rings is 1. The van der Waals surface area contributed by atoms with Crippen molar-refractivity contribution in [1.82, 2.24) is 25.9 Å². The Hall–Kier alpha value is -5.74. The number of aromatic nitrogens is 2. The molecule has 2 unspecified atom stereocenters. The topological polar surface area (TPSA) is 285 Å². The van der Waals surface area contributed by atoms with Crippen molar-refractivity contribution in [2.45, 2.75) is 110 Å². The van der Waals surface area contributed by atoms with Crippen LogP contribution in [0, 0.1) is 17.8 Å². The summed E-state index contributed by atoms with van der Waals surface area (Å²) >= 11 is 0. The highest BCUT2D eigenvalue weighted by molar-refractivity contribution is 5.95. The van der Waals surface area contributed by atoms with Gasteiger partial charge in [-0.3, -0.25) is 43.2 Å². The maximum atomic E-state index is 14.2. The van der Waals surface area contributed by atoms with E-state index in [1.807, 2.05) is 0 Å². The Kier molecular flexibility index (Phi) is 16.4. The van der Waals surface area contributed by atoms with Gasteiger partial charge >= 0.3 is 11.9 Å². The first-order chi connectivity index (χ1) is 25.9. The number of Topliss-reactive ketones (excluding diaryl/α,β-unsaturated/α-hetero) is 3. The summed E-state index contributed by atoms with van der Waals surface area (Å²) in [6.07, 6.45) is 3.13. The molecule has 8 N–H and O–H groups in total. The standard InChI is InChI=1S/C38H50N6O11/c1-20(45)42-30(15-29-18-40-19-41-29)35(52)25-6-4-8-26(36(53)31(16-33(48)49)43-21(2)46)11-23-10-24(14-28(13-23)38(39)55)12-27(9-5-7-25)37(54)32(17-34(50)51)44-22(3)47/h10,13-14,18-19,25-27,30-32H,4-9,11-12,15-17H2,1-3H3,(H2,39,55)(H,40,41)(H,42,45)(H,43,46)(H,44,47)(H,48,49)(H,50,51)/t25?,26?,27?,30-,31-,32-/m0/s1. The largest absolute Gasteiger partial charge is 0.481 e. The fourth-order valence-electron chi connectivity index (χ4n) is 7.27. The second-order valence-corrected chi connectivity index (χ2v) is 14.2. The van der Waals surface area contributed by atoms with Gasteiger partial charge in [0.05, 0.1) is 37.3 Å². The Bertz CT molecular complexity index is 1640. The number of carboxylic acids is 2. The zero-order valence-electron chi connectivity index (χ0n) is 31.2. The number of carbonyl (C=O) groups excluding carboxylic acids is 7. The molecule has 0 fully saturated rings. The molecule has 0 radical (unpaired) electrons. The van der Waals surface area contributed by atoms with E-state index in [-0.39, 0.29) is 69.1 Å². The van der Waals surface area contributed by atoms with Crippen molar-refractivity contribution in [2.24, 2.45) is 23.5 Å². The van der Waals surface area contributed by atoms with Gasteiger partial charge in [0.15, 0.2) is 17.3 Å². The van der Waals surface area contributed by atoms with E-state index >= 15 is 0 Å². The van der Waals surface area contributed by atoms with Crippen LogP contribution in [0.3, 0.4) is 0 Å². The van der Waals surface area contributed by atoms with E-state index in [9.17, 15) is 53.4 Å². The number of hydrogen-bond acceptors (Lipinski definition) is 10. The third kappa shape index (κ3) is 14.2. The number of fused-ring (bicyclic) bond motifs is 2. The maximum absolute atomic E-state index is 14.2. The number of rotatable bonds is 16. The number of carboxylic acid groups (broad SMARTS) is 2. The molecular formula is C38H50N6O11. The van der Waals surface area contributed by atoms with Crippen molar-refractivity contribution >= 4 is 52.9 Å². The van der Waals surface area contributed by atoms with Crippen LogP contribution in [-0.2, 0) is 57.6 Å². The van der Waals surface area contributed by atoms with Gasteiger partial charge in [0.25, 0.3) is 0 Å². The van der Waals surface area contributed by atoms with E-state index in [1.165, 1.54) is 31.6 Å². The molecule has 0 spiro atoms. The minimum absolute atomic E-state index is 0.0121. The van der Waals surface area contributed by atoms with Crippen LogP contribution < -0.4 is 21.7 Å². The molecule has 0 saturated carbocycles. The molecule has 1 heterocycles. The van der Waals surface area contributed by atoms with Gasteiger partial charge in [-0.1, -0.05) is 18.9 Å². The van der Waals surface area contributed by atoms with Gasteiger partial charge in [-0.25, -0.2) is 4.98 Å². The van der Waals surface area contributed by atoms with Crippen LogP contribution in [0.15, 0.2) is 30.7 Å². The molecule has 17 heteroatoms. The van der Waals surface area contributed by atoms with Crippen molar-refractivity contribution < 1.29 is 53.4 Å². The highest BCUT2D eigenvalue weighted by Gasteiger charge is 2.34. The van der Waals surface area contributed by atoms with Crippen molar-refractivity contribution in [1.29, 1.82) is 0 Å². The third-order valence-corrected chi connectivity index (χ3v) is 9.62. The lowest BCUT2D eigenvalue weighted by atomic mass is 9.79. The van der Waals surface area contributed by atoms with Gasteiger partial charge in [-0.15, -0.1) is 0 Å². The van der Waals surface area contributed by atoms with E-state index in [4.69, 9.17) is 5.73 Å². The minimum Gasteiger partial charge on any atom is -0.481 e. The number of hydrogen-bond donors (Lipinski definition) is 7. The zero-order chi connectivity index (χ0) is 40.8. The quantitative estimate of drug-likeness (QED) is 0.127. The Morgan fingerprint density at radius 3 is 1.49 bits per heavy atom. The Balaban J connectivity index is 2.13. The van der Waals surface area contributed by atoms with Crippen LogP contribution in [-0.4, -0.2) is 91.2 Å². The summed E-state index contributed by atoms with van der Waals surface area (Å²) in [7, 11) is 0. The highest BCUT2D eigenvalue weighted by atomic mass is 16.4. The lowest BCUT2D eigenvalue weighted by molar-refractivity contribution is -0.141. The minimum atomic E-state index is -1.37. The molecule has 1 aromatic carbocycles. The maximum Gasteiger partial charge on any atom is 0.305 e. The van der Waals surface area contributed by atoms with Crippen LogP contribution in [0.1, 0.15) is 99.3 Å². The smallest absolute Gasteiger partial charge is 0.305 e. The number of primary amides is 1. The fraction of sp³-hybridized carbons (Fsp3) is 0.526. The first kappa shape index (κ1) is 43.7. The Morgan fingerprint density at radius 2 is 1.11 bits per heavy atom. The van der Waals surface area contributed by atoms with E-state index < -0.39 is 95.9 Å². The van der Waals surface area contributed by atoms with E-state index in [2.05, 4.69) is 25.9 Å². The molecule has 298 valence electrons. The summed E-state index contributed by atoms with van der Waals surface area (Å²) in [5, 5.41) is 26.7. The summed E-state index contributed by atoms with van der Waals surface area (Å²) in [5.74, 6) is -8.93. The zero-order valence-corrected chi connectivity index (χ0v) is 31.2. The van der Waals surface area contributed by atoms with Crippen molar-refractivity contribution in [3.63, 3.8) is 0 Å². The molecule has 1 aliphatic carbocycles. The number of nitrogens with two attached hydrogens (primary N) is 1. The molecule has 0 aliphatic heterocycles. The molecule has 55 heavy (non-hydrogen) atoms. The lowest BCUT2D eigenvalue weighted by Crippen LogP contribution is -2.45. The Labute approximate surface area is 318 Å². The number of aliphatic carboxylic acids is 2. The van der Waals surface area contributed by atoms with Crippen LogP contribution in [0.5, 0.6) is 0 Å². The number of nitrogens with one attached hydrogen (secondary N) is 4. The summed E-state index contributed by atoms with van der Waals surface area (Å²) in [6.45, 7) is 3.61. The molecule has 2 bridgehead atoms. The van der Waals surface area contributed by atoms with Gasteiger partial charge < -0.3 is 36.9 Å². The van der Waals surface area contributed by atoms with Gasteiger partial charge in [-0.05, 0) is 61.8 Å². The van der Waals surface area contributed by atoms with Gasteiger partial charge in [0.1, 0.15) is 0 Å². The normalized spacial score (nSPS) is 19.3. The average Bonchev–Trinajstić information content (AvgIpc) is 3.60. The molecule has 17 nitrogen and oxygen atoms in total. The Morgan fingerprint density at radius 1 is 0.691 bits per heavy atom. The lowest BCUT2D eigenvalue weighted by Gasteiger charge is -2.27. The number of H-pyrrole nitrogens is 1. The molecule has 5 atom stereocenters. The van der Waals surface area contributed by atoms with Crippen LogP contribution in [0.25, 0.3) is 0 Å². The predicted octanol–water partition coefficient (Wildman–Crippen LogP) is 1.21. The number of aromatic amines is 1. The SMILES string of the molecule is CC(=O)N[C@@H](CC(=O)O)C(=O)C1CCCC(C(=O)[C@H](Cc2cnc[nH]2)NC(C)=O)CCCC(C(=O)[C@H](CC(=O)O)NC(C)=O)Cc2cc(cc(C(N)=O)c2)C1. The second kappa shape index (κ2) is 20.6. The van der Waals surface area contributed by atoms with E-state index in [0.717, 1.165) is 13.8 Å². The second-order valence-electron chi connectivity index (χ2n) is 14.2. The van der Waals surface area contributed by atoms with E-state index in [0.29, 0.717) is 16.8 Å². The van der Waals surface area contributed by atoms with Crippen LogP contribution >= 0.6 is 0 Å². The average molecular weight is 767 g/mol. The fourth-order valence-corrected chi connectivity index (χ4v) is 7.27. The number of nitrogens with zero attached hydrogens (tertiary/aromatic N) is 1. The molecule has 4 amide bonds. The highest BCUT2D eigenvalue weighted by Crippen LogP contribution is 2.29. The molecule has 1 aromatic heterocycles. The molecule has 1 aliphatic rings. The summed E-state index contributed by atoms with van der Waals surface area (Å²) < 4.78 is 0. The summed E-state index contributed by atoms with van der Waals surface area (Å²) in [4.78, 5) is 121. The van der Waals surface area contributed by atoms with Crippen molar-refractivity contribution in [3.05, 3.63) is 53.1 Å².